The van der Waals surface area contributed by atoms with E-state index in [0.29, 0.717) is 17.4 Å². The quantitative estimate of drug-likeness (QED) is 0.896. The van der Waals surface area contributed by atoms with Gasteiger partial charge in [-0.3, -0.25) is 9.48 Å². The molecule has 1 saturated heterocycles. The minimum Gasteiger partial charge on any atom is -0.384 e. The number of hydrogen-bond acceptors (Lipinski definition) is 5. The smallest absolute Gasteiger partial charge is 0.257 e. The van der Waals surface area contributed by atoms with E-state index in [0.717, 1.165) is 38.0 Å². The predicted octanol–water partition coefficient (Wildman–Crippen LogP) is 1.50. The third-order valence-corrected chi connectivity index (χ3v) is 4.12. The molecule has 3 N–H and O–H groups in total. The molecule has 0 aromatic carbocycles. The maximum Gasteiger partial charge on any atom is 0.257 e. The number of carbonyl (C=O) groups excluding carboxylic acids is 1. The molecule has 1 aliphatic rings. The summed E-state index contributed by atoms with van der Waals surface area (Å²) in [6, 6.07) is 4.07. The van der Waals surface area contributed by atoms with Gasteiger partial charge in [0.15, 0.2) is 0 Å². The molecule has 23 heavy (non-hydrogen) atoms. The Labute approximate surface area is 135 Å². The normalized spacial score (nSPS) is 18.5. The number of amides is 1. The average molecular weight is 314 g/mol. The van der Waals surface area contributed by atoms with Crippen LogP contribution in [0.1, 0.15) is 29.6 Å². The zero-order valence-electron chi connectivity index (χ0n) is 13.3. The maximum atomic E-state index is 12.5. The van der Waals surface area contributed by atoms with Gasteiger partial charge in [0.2, 0.25) is 0 Å². The van der Waals surface area contributed by atoms with Gasteiger partial charge in [0.1, 0.15) is 5.82 Å². The van der Waals surface area contributed by atoms with Crippen LogP contribution < -0.4 is 11.1 Å². The van der Waals surface area contributed by atoms with Gasteiger partial charge in [-0.25, -0.2) is 4.98 Å². The summed E-state index contributed by atoms with van der Waals surface area (Å²) in [6.07, 6.45) is 8.06. The summed E-state index contributed by atoms with van der Waals surface area (Å²) in [5.41, 5.74) is 7.23. The lowest BCUT2D eigenvalue weighted by Gasteiger charge is -2.20. The second kappa shape index (κ2) is 6.68. The molecule has 1 aliphatic heterocycles. The molecule has 0 spiro atoms. The molecule has 2 aromatic rings. The van der Waals surface area contributed by atoms with Crippen LogP contribution in [-0.2, 0) is 7.05 Å². The number of anilines is 2. The van der Waals surface area contributed by atoms with Gasteiger partial charge in [-0.15, -0.1) is 0 Å². The third kappa shape index (κ3) is 3.80. The molecule has 3 heterocycles. The van der Waals surface area contributed by atoms with Gasteiger partial charge in [0.25, 0.3) is 5.91 Å². The summed E-state index contributed by atoms with van der Waals surface area (Å²) < 4.78 is 1.66. The Kier molecular flexibility index (Phi) is 4.45. The lowest BCUT2D eigenvalue weighted by molar-refractivity contribution is 0.0761. The van der Waals surface area contributed by atoms with E-state index < -0.39 is 0 Å². The first kappa shape index (κ1) is 15.3. The maximum absolute atomic E-state index is 12.5. The molecule has 3 rings (SSSR count). The number of nitrogens with zero attached hydrogens (tertiary/aromatic N) is 4. The second-order valence-electron chi connectivity index (χ2n) is 5.94. The standard InChI is InChI=1S/C16H22N6O/c1-21-11-12(9-19-21)16(23)22-7-2-3-13(6-8-22)20-14-4-5-15(17)18-10-14/h4-5,9-11,13,20H,2-3,6-8H2,1H3,(H2,17,18). The number of nitrogen functional groups attached to an aromatic ring is 1. The van der Waals surface area contributed by atoms with Gasteiger partial charge in [0.05, 0.1) is 23.6 Å². The lowest BCUT2D eigenvalue weighted by atomic mass is 10.1. The van der Waals surface area contributed by atoms with Crippen molar-refractivity contribution in [3.63, 3.8) is 0 Å². The van der Waals surface area contributed by atoms with Crippen LogP contribution in [0.15, 0.2) is 30.7 Å². The molecule has 1 unspecified atom stereocenters. The molecule has 0 saturated carbocycles. The largest absolute Gasteiger partial charge is 0.384 e. The predicted molar refractivity (Wildman–Crippen MR) is 89.0 cm³/mol. The molecule has 0 radical (unpaired) electrons. The van der Waals surface area contributed by atoms with Crippen LogP contribution in [0, 0.1) is 0 Å². The SMILES string of the molecule is Cn1cc(C(=O)N2CCCC(Nc3ccc(N)nc3)CC2)cn1. The molecule has 1 amide bonds. The van der Waals surface area contributed by atoms with E-state index in [9.17, 15) is 4.79 Å². The lowest BCUT2D eigenvalue weighted by Crippen LogP contribution is -2.32. The van der Waals surface area contributed by atoms with E-state index in [4.69, 9.17) is 5.73 Å². The van der Waals surface area contributed by atoms with Crippen molar-refractivity contribution in [3.05, 3.63) is 36.3 Å². The van der Waals surface area contributed by atoms with Crippen LogP contribution in [0.4, 0.5) is 11.5 Å². The molecule has 1 fully saturated rings. The summed E-state index contributed by atoms with van der Waals surface area (Å²) in [5.74, 6) is 0.581. The van der Waals surface area contributed by atoms with Crippen molar-refractivity contribution in [2.45, 2.75) is 25.3 Å². The Morgan fingerprint density at radius 1 is 1.30 bits per heavy atom. The van der Waals surface area contributed by atoms with Gasteiger partial charge in [-0.05, 0) is 31.4 Å². The fourth-order valence-corrected chi connectivity index (χ4v) is 2.88. The number of aromatic nitrogens is 3. The van der Waals surface area contributed by atoms with Crippen LogP contribution in [-0.4, -0.2) is 44.7 Å². The van der Waals surface area contributed by atoms with Crippen molar-refractivity contribution in [3.8, 4) is 0 Å². The molecule has 122 valence electrons. The molecule has 1 atom stereocenters. The van der Waals surface area contributed by atoms with Crippen molar-refractivity contribution < 1.29 is 4.79 Å². The summed E-state index contributed by atoms with van der Waals surface area (Å²) in [6.45, 7) is 1.53. The van der Waals surface area contributed by atoms with Crippen LogP contribution in [0.25, 0.3) is 0 Å². The molecule has 0 aliphatic carbocycles. The van der Waals surface area contributed by atoms with E-state index in [1.54, 1.807) is 29.3 Å². The fourth-order valence-electron chi connectivity index (χ4n) is 2.88. The molecule has 0 bridgehead atoms. The first-order valence-electron chi connectivity index (χ1n) is 7.88. The number of rotatable bonds is 3. The Hall–Kier alpha value is -2.57. The highest BCUT2D eigenvalue weighted by Gasteiger charge is 2.22. The van der Waals surface area contributed by atoms with Gasteiger partial charge in [-0.1, -0.05) is 0 Å². The first-order chi connectivity index (χ1) is 11.1. The molecular weight excluding hydrogens is 292 g/mol. The molecule has 7 heteroatoms. The number of hydrogen-bond donors (Lipinski definition) is 2. The van der Waals surface area contributed by atoms with E-state index in [-0.39, 0.29) is 5.91 Å². The third-order valence-electron chi connectivity index (χ3n) is 4.12. The van der Waals surface area contributed by atoms with Crippen molar-refractivity contribution in [1.29, 1.82) is 0 Å². The average Bonchev–Trinajstić information content (AvgIpc) is 2.84. The van der Waals surface area contributed by atoms with E-state index in [2.05, 4.69) is 15.4 Å². The number of likely N-dealkylation sites (tertiary alicyclic amines) is 1. The number of pyridine rings is 1. The minimum absolute atomic E-state index is 0.0629. The Morgan fingerprint density at radius 2 is 2.17 bits per heavy atom. The van der Waals surface area contributed by atoms with Gasteiger partial charge in [0, 0.05) is 32.4 Å². The number of nitrogens with one attached hydrogen (secondary N) is 1. The topological polar surface area (TPSA) is 89.1 Å². The summed E-state index contributed by atoms with van der Waals surface area (Å²) in [5, 5.41) is 7.55. The zero-order chi connectivity index (χ0) is 16.2. The number of carbonyl (C=O) groups is 1. The van der Waals surface area contributed by atoms with Crippen molar-refractivity contribution in [1.82, 2.24) is 19.7 Å². The summed E-state index contributed by atoms with van der Waals surface area (Å²) in [7, 11) is 1.82. The summed E-state index contributed by atoms with van der Waals surface area (Å²) >= 11 is 0. The molecule has 7 nitrogen and oxygen atoms in total. The minimum atomic E-state index is 0.0629. The Balaban J connectivity index is 1.58. The second-order valence-corrected chi connectivity index (χ2v) is 5.94. The highest BCUT2D eigenvalue weighted by molar-refractivity contribution is 5.93. The Morgan fingerprint density at radius 3 is 2.87 bits per heavy atom. The highest BCUT2D eigenvalue weighted by atomic mass is 16.2. The summed E-state index contributed by atoms with van der Waals surface area (Å²) in [4.78, 5) is 18.5. The van der Waals surface area contributed by atoms with Gasteiger partial charge < -0.3 is 16.0 Å². The highest BCUT2D eigenvalue weighted by Crippen LogP contribution is 2.18. The number of aryl methyl sites for hydroxylation is 1. The van der Waals surface area contributed by atoms with Crippen molar-refractivity contribution in [2.75, 3.05) is 24.1 Å². The van der Waals surface area contributed by atoms with Crippen LogP contribution in [0.2, 0.25) is 0 Å². The monoisotopic (exact) mass is 314 g/mol. The van der Waals surface area contributed by atoms with Crippen LogP contribution >= 0.6 is 0 Å². The zero-order valence-corrected chi connectivity index (χ0v) is 13.3. The Bertz CT molecular complexity index is 665. The van der Waals surface area contributed by atoms with Gasteiger partial charge >= 0.3 is 0 Å². The number of nitrogens with two attached hydrogens (primary N) is 1. The van der Waals surface area contributed by atoms with E-state index in [1.807, 2.05) is 18.0 Å². The van der Waals surface area contributed by atoms with Crippen LogP contribution in [0.3, 0.4) is 0 Å². The molecular formula is C16H22N6O. The van der Waals surface area contributed by atoms with Crippen molar-refractivity contribution >= 4 is 17.4 Å². The van der Waals surface area contributed by atoms with E-state index in [1.165, 1.54) is 0 Å². The molecule has 2 aromatic heterocycles. The first-order valence-corrected chi connectivity index (χ1v) is 7.88. The van der Waals surface area contributed by atoms with Crippen LogP contribution in [0.5, 0.6) is 0 Å². The van der Waals surface area contributed by atoms with Crippen molar-refractivity contribution in [2.24, 2.45) is 7.05 Å². The van der Waals surface area contributed by atoms with E-state index >= 15 is 0 Å². The fraction of sp³-hybridized carbons (Fsp3) is 0.438. The van der Waals surface area contributed by atoms with Gasteiger partial charge in [-0.2, -0.15) is 5.10 Å².